The molecule has 1 heterocycles. The van der Waals surface area contributed by atoms with Crippen LogP contribution in [0.25, 0.3) is 6.08 Å². The summed E-state index contributed by atoms with van der Waals surface area (Å²) in [5.74, 6) is -1.31. The van der Waals surface area contributed by atoms with Gasteiger partial charge < -0.3 is 14.2 Å². The molecule has 0 bridgehead atoms. The van der Waals surface area contributed by atoms with Crippen molar-refractivity contribution in [2.45, 2.75) is 13.5 Å². The zero-order valence-corrected chi connectivity index (χ0v) is 23.7. The largest absolute Gasteiger partial charge is 0.493 e. The fourth-order valence-corrected chi connectivity index (χ4v) is 4.76. The lowest BCUT2D eigenvalue weighted by atomic mass is 10.1. The Hall–Kier alpha value is -3.90. The van der Waals surface area contributed by atoms with Crippen molar-refractivity contribution < 1.29 is 33.4 Å². The molecule has 0 aliphatic carbocycles. The smallest absolute Gasteiger partial charge is 0.338 e. The van der Waals surface area contributed by atoms with Crippen molar-refractivity contribution in [2.75, 3.05) is 18.6 Å². The number of nitrogens with one attached hydrogen (secondary N) is 1. The summed E-state index contributed by atoms with van der Waals surface area (Å²) in [6.07, 6.45) is 1.37. The number of nitrogens with zero attached hydrogens (tertiary/aromatic N) is 1. The molecular formula is C28H22ClIN2O7. The third-order valence-electron chi connectivity index (χ3n) is 5.57. The molecule has 4 amide bonds. The number of hydrogen-bond acceptors (Lipinski definition) is 7. The maximum absolute atomic E-state index is 13.3. The van der Waals surface area contributed by atoms with E-state index in [0.717, 1.165) is 10.5 Å². The number of methoxy groups -OCH3 is 1. The SMILES string of the molecule is CCOC(=O)c1ccc(N2C(=O)NC(=O)/C(=C\c3cc(I)c(OCc4cccc(Cl)c4)c(OC)c3)C2=O)cc1. The lowest BCUT2D eigenvalue weighted by Crippen LogP contribution is -2.54. The number of hydrogen-bond donors (Lipinski definition) is 1. The van der Waals surface area contributed by atoms with E-state index in [-0.39, 0.29) is 30.0 Å². The summed E-state index contributed by atoms with van der Waals surface area (Å²) in [5.41, 5.74) is 1.54. The number of rotatable bonds is 8. The lowest BCUT2D eigenvalue weighted by Gasteiger charge is -2.26. The Labute approximate surface area is 242 Å². The van der Waals surface area contributed by atoms with Gasteiger partial charge in [-0.1, -0.05) is 23.7 Å². The molecule has 39 heavy (non-hydrogen) atoms. The van der Waals surface area contributed by atoms with Gasteiger partial charge in [-0.15, -0.1) is 0 Å². The Bertz CT molecular complexity index is 1490. The highest BCUT2D eigenvalue weighted by atomic mass is 127. The minimum absolute atomic E-state index is 0.181. The van der Waals surface area contributed by atoms with Crippen LogP contribution in [0.1, 0.15) is 28.4 Å². The molecule has 0 atom stereocenters. The molecule has 0 spiro atoms. The fourth-order valence-electron chi connectivity index (χ4n) is 3.77. The van der Waals surface area contributed by atoms with Crippen LogP contribution in [-0.2, 0) is 20.9 Å². The number of imide groups is 2. The number of carbonyl (C=O) groups is 4. The van der Waals surface area contributed by atoms with Crippen LogP contribution in [-0.4, -0.2) is 37.5 Å². The maximum atomic E-state index is 13.3. The van der Waals surface area contributed by atoms with E-state index in [9.17, 15) is 19.2 Å². The van der Waals surface area contributed by atoms with Crippen molar-refractivity contribution in [3.8, 4) is 11.5 Å². The summed E-state index contributed by atoms with van der Waals surface area (Å²) < 4.78 is 17.1. The van der Waals surface area contributed by atoms with Gasteiger partial charge in [0, 0.05) is 5.02 Å². The average molecular weight is 661 g/mol. The van der Waals surface area contributed by atoms with E-state index in [2.05, 4.69) is 27.9 Å². The number of urea groups is 1. The molecule has 200 valence electrons. The van der Waals surface area contributed by atoms with Crippen molar-refractivity contribution in [1.82, 2.24) is 5.32 Å². The van der Waals surface area contributed by atoms with Gasteiger partial charge in [-0.05, 0) is 95.2 Å². The number of benzene rings is 3. The van der Waals surface area contributed by atoms with Crippen molar-refractivity contribution >= 4 is 69.8 Å². The van der Waals surface area contributed by atoms with E-state index in [1.807, 2.05) is 12.1 Å². The predicted octanol–water partition coefficient (Wildman–Crippen LogP) is 5.38. The summed E-state index contributed by atoms with van der Waals surface area (Å²) in [6.45, 7) is 2.15. The second-order valence-electron chi connectivity index (χ2n) is 8.18. The summed E-state index contributed by atoms with van der Waals surface area (Å²) in [4.78, 5) is 51.2. The molecule has 11 heteroatoms. The van der Waals surface area contributed by atoms with E-state index in [1.165, 1.54) is 37.5 Å². The normalized spacial score (nSPS) is 14.3. The van der Waals surface area contributed by atoms with Gasteiger partial charge in [-0.25, -0.2) is 14.5 Å². The number of amides is 4. The number of esters is 1. The lowest BCUT2D eigenvalue weighted by molar-refractivity contribution is -0.122. The first-order valence-electron chi connectivity index (χ1n) is 11.6. The van der Waals surface area contributed by atoms with Crippen LogP contribution in [0.2, 0.25) is 5.02 Å². The van der Waals surface area contributed by atoms with E-state index < -0.39 is 23.8 Å². The predicted molar refractivity (Wildman–Crippen MR) is 153 cm³/mol. The van der Waals surface area contributed by atoms with Gasteiger partial charge in [0.25, 0.3) is 11.8 Å². The summed E-state index contributed by atoms with van der Waals surface area (Å²) in [5, 5.41) is 2.78. The second-order valence-corrected chi connectivity index (χ2v) is 9.78. The van der Waals surface area contributed by atoms with E-state index >= 15 is 0 Å². The van der Waals surface area contributed by atoms with Crippen molar-refractivity contribution in [2.24, 2.45) is 0 Å². The highest BCUT2D eigenvalue weighted by Gasteiger charge is 2.37. The van der Waals surface area contributed by atoms with Crippen molar-refractivity contribution in [3.05, 3.63) is 91.5 Å². The zero-order valence-electron chi connectivity index (χ0n) is 20.8. The molecule has 1 N–H and O–H groups in total. The second kappa shape index (κ2) is 12.3. The Morgan fingerprint density at radius 2 is 1.82 bits per heavy atom. The monoisotopic (exact) mass is 660 g/mol. The van der Waals surface area contributed by atoms with Crippen molar-refractivity contribution in [3.63, 3.8) is 0 Å². The van der Waals surface area contributed by atoms with Crippen LogP contribution in [0, 0.1) is 3.57 Å². The molecule has 9 nitrogen and oxygen atoms in total. The summed E-state index contributed by atoms with van der Waals surface area (Å²) in [7, 11) is 1.48. The number of ether oxygens (including phenoxy) is 3. The molecule has 3 aromatic rings. The van der Waals surface area contributed by atoms with Crippen LogP contribution in [0.4, 0.5) is 10.5 Å². The van der Waals surface area contributed by atoms with Gasteiger partial charge >= 0.3 is 12.0 Å². The average Bonchev–Trinajstić information content (AvgIpc) is 2.90. The Balaban J connectivity index is 1.60. The quantitative estimate of drug-likeness (QED) is 0.150. The topological polar surface area (TPSA) is 111 Å². The van der Waals surface area contributed by atoms with Gasteiger partial charge in [0.1, 0.15) is 12.2 Å². The molecule has 1 aliphatic rings. The van der Waals surface area contributed by atoms with Crippen LogP contribution in [0.5, 0.6) is 11.5 Å². The van der Waals surface area contributed by atoms with Gasteiger partial charge in [-0.2, -0.15) is 0 Å². The molecule has 0 unspecified atom stereocenters. The van der Waals surface area contributed by atoms with Crippen LogP contribution in [0.3, 0.4) is 0 Å². The Morgan fingerprint density at radius 1 is 1.08 bits per heavy atom. The Morgan fingerprint density at radius 3 is 2.49 bits per heavy atom. The summed E-state index contributed by atoms with van der Waals surface area (Å²) >= 11 is 8.12. The van der Waals surface area contributed by atoms with E-state index in [4.69, 9.17) is 25.8 Å². The van der Waals surface area contributed by atoms with E-state index in [1.54, 1.807) is 31.2 Å². The first kappa shape index (κ1) is 28.1. The van der Waals surface area contributed by atoms with Gasteiger partial charge in [0.2, 0.25) is 0 Å². The fraction of sp³-hybridized carbons (Fsp3) is 0.143. The molecule has 0 saturated carbocycles. The van der Waals surface area contributed by atoms with Crippen LogP contribution < -0.4 is 19.7 Å². The molecule has 4 rings (SSSR count). The highest BCUT2D eigenvalue weighted by Crippen LogP contribution is 2.35. The minimum Gasteiger partial charge on any atom is -0.493 e. The number of carbonyl (C=O) groups excluding carboxylic acids is 4. The van der Waals surface area contributed by atoms with Crippen LogP contribution >= 0.6 is 34.2 Å². The Kier molecular flexibility index (Phi) is 8.87. The first-order valence-corrected chi connectivity index (χ1v) is 13.1. The van der Waals surface area contributed by atoms with Crippen molar-refractivity contribution in [1.29, 1.82) is 0 Å². The molecule has 1 aliphatic heterocycles. The van der Waals surface area contributed by atoms with Gasteiger partial charge in [0.15, 0.2) is 11.5 Å². The standard InChI is InChI=1S/C28H22ClIN2O7/c1-3-38-27(35)18-7-9-20(10-8-18)32-26(34)21(25(33)31-28(32)36)12-17-13-22(30)24(23(14-17)37-2)39-15-16-5-4-6-19(29)11-16/h4-14H,3,15H2,1-2H3,(H,31,33,36)/b21-12+. The van der Waals surface area contributed by atoms with Gasteiger partial charge in [-0.3, -0.25) is 14.9 Å². The maximum Gasteiger partial charge on any atom is 0.338 e. The number of barbiturate groups is 1. The molecular weight excluding hydrogens is 639 g/mol. The molecule has 1 fully saturated rings. The van der Waals surface area contributed by atoms with Gasteiger partial charge in [0.05, 0.1) is 28.5 Å². The summed E-state index contributed by atoms with van der Waals surface area (Å²) in [6, 6.07) is 15.4. The highest BCUT2D eigenvalue weighted by molar-refractivity contribution is 14.1. The first-order chi connectivity index (χ1) is 18.7. The molecule has 1 saturated heterocycles. The molecule has 3 aromatic carbocycles. The minimum atomic E-state index is -0.900. The number of anilines is 1. The van der Waals surface area contributed by atoms with Crippen LogP contribution in [0.15, 0.2) is 66.2 Å². The van der Waals surface area contributed by atoms with E-state index in [0.29, 0.717) is 25.7 Å². The number of halogens is 2. The third-order valence-corrected chi connectivity index (χ3v) is 6.61. The third kappa shape index (κ3) is 6.40. The molecule has 0 radical (unpaired) electrons. The molecule has 0 aromatic heterocycles. The zero-order chi connectivity index (χ0) is 28.1.